The summed E-state index contributed by atoms with van der Waals surface area (Å²) in [4.78, 5) is 70.5. The molecule has 9 atom stereocenters. The van der Waals surface area contributed by atoms with Crippen LogP contribution < -0.4 is 14.8 Å². The van der Waals surface area contributed by atoms with Gasteiger partial charge in [-0.3, -0.25) is 19.2 Å². The number of carbonyl (C=O) groups excluding carboxylic acids is 4. The fourth-order valence-electron chi connectivity index (χ4n) is 18.0. The van der Waals surface area contributed by atoms with Gasteiger partial charge in [0.15, 0.2) is 5.71 Å². The Morgan fingerprint density at radius 2 is 1.38 bits per heavy atom. The molecule has 12 aliphatic heterocycles. The molecule has 13 heterocycles. The molecular formula is C52H54N6O8. The molecule has 0 radical (unpaired) electrons. The Hall–Kier alpha value is -5.79. The molecular weight excluding hydrogens is 837 g/mol. The molecule has 0 unspecified atom stereocenters. The van der Waals surface area contributed by atoms with Crippen molar-refractivity contribution < 1.29 is 38.6 Å². The first kappa shape index (κ1) is 38.3. The third-order valence-electron chi connectivity index (χ3n) is 20.0. The highest BCUT2D eigenvalue weighted by Crippen LogP contribution is 2.81. The van der Waals surface area contributed by atoms with E-state index in [4.69, 9.17) is 9.47 Å². The minimum atomic E-state index is -1.73. The van der Waals surface area contributed by atoms with Gasteiger partial charge in [-0.25, -0.2) is 0 Å². The van der Waals surface area contributed by atoms with Crippen LogP contribution in [0.2, 0.25) is 0 Å². The number of carbonyl (C=O) groups is 4. The van der Waals surface area contributed by atoms with Gasteiger partial charge in [0, 0.05) is 52.8 Å². The predicted molar refractivity (Wildman–Crippen MR) is 240 cm³/mol. The van der Waals surface area contributed by atoms with Gasteiger partial charge in [-0.1, -0.05) is 13.8 Å². The maximum absolute atomic E-state index is 16.8. The van der Waals surface area contributed by atoms with Gasteiger partial charge in [0.1, 0.15) is 50.3 Å². The summed E-state index contributed by atoms with van der Waals surface area (Å²) in [5.41, 5.74) is -6.07. The number of nitrogens with zero attached hydrogens (tertiary/aromatic N) is 5. The van der Waals surface area contributed by atoms with Crippen molar-refractivity contribution in [3.8, 4) is 11.5 Å². The van der Waals surface area contributed by atoms with E-state index in [1.165, 1.54) is 4.73 Å². The largest absolute Gasteiger partial charge is 0.618 e. The standard InChI is InChI=1S/C52H54N6O8/c1-44(2)19-15-25-29(65-44)13-11-27-33-36-50-28-12-14-30-26(16-20-45(3,4)66-30)35(28)58(64)38(50)47(7,8)31-23-48-17-9-21-54(48)42(61)51(31,53-40(48)59)39(50)56-41(60)49-18-10-22-55(49)43(62)52(36,56)32(24-49)46(5,6)37(33)57(63)34(25)27/h11-16,19-20,31-32,36,39,63H,9-10,17-18,21-24H2,1-8H3,(H,53,59)/t31-,32-,36-,39+,48-,49-,50+,51+,52+/m0/s1. The summed E-state index contributed by atoms with van der Waals surface area (Å²) < 4.78 is 15.5. The Labute approximate surface area is 381 Å². The lowest BCUT2D eigenvalue weighted by Crippen LogP contribution is -2.93. The Balaban J connectivity index is 1.16. The lowest BCUT2D eigenvalue weighted by Gasteiger charge is -2.70. The molecule has 66 heavy (non-hydrogen) atoms. The molecule has 2 aliphatic carbocycles. The zero-order chi connectivity index (χ0) is 45.8. The molecule has 3 aromatic rings. The van der Waals surface area contributed by atoms with Crippen molar-refractivity contribution in [1.29, 1.82) is 0 Å². The van der Waals surface area contributed by atoms with E-state index in [0.717, 1.165) is 4.74 Å². The van der Waals surface area contributed by atoms with Crippen molar-refractivity contribution in [3.05, 3.63) is 69.6 Å². The average Bonchev–Trinajstić information content (AvgIpc) is 4.05. The summed E-state index contributed by atoms with van der Waals surface area (Å²) in [6.07, 6.45) is 10.8. The number of aromatic nitrogens is 1. The van der Waals surface area contributed by atoms with Crippen LogP contribution in [0.4, 0.5) is 5.69 Å². The lowest BCUT2D eigenvalue weighted by molar-refractivity contribution is -0.367. The first-order chi connectivity index (χ1) is 31.1. The molecule has 1 aromatic heterocycles. The topological polar surface area (TPSA) is 160 Å². The number of nitrogens with one attached hydrogen (secondary N) is 1. The maximum Gasteiger partial charge on any atom is 0.251 e. The number of hydrogen-bond acceptors (Lipinski definition) is 8. The van der Waals surface area contributed by atoms with Crippen molar-refractivity contribution >= 4 is 58.1 Å². The van der Waals surface area contributed by atoms with Gasteiger partial charge in [-0.05, 0) is 134 Å². The van der Waals surface area contributed by atoms with Crippen LogP contribution in [0.15, 0.2) is 36.4 Å². The highest BCUT2D eigenvalue weighted by atomic mass is 16.5. The highest BCUT2D eigenvalue weighted by Gasteiger charge is 2.95. The Bertz CT molecular complexity index is 3140. The normalized spacial score (nSPS) is 40.5. The highest BCUT2D eigenvalue weighted by molar-refractivity contribution is 6.18. The van der Waals surface area contributed by atoms with Gasteiger partial charge in [0.25, 0.3) is 5.91 Å². The van der Waals surface area contributed by atoms with E-state index in [1.807, 2.05) is 86.1 Å². The molecule has 14 nitrogen and oxygen atoms in total. The zero-order valence-corrected chi connectivity index (χ0v) is 38.6. The van der Waals surface area contributed by atoms with Gasteiger partial charge >= 0.3 is 0 Å². The smallest absolute Gasteiger partial charge is 0.251 e. The van der Waals surface area contributed by atoms with E-state index in [9.17, 15) is 5.21 Å². The van der Waals surface area contributed by atoms with Gasteiger partial charge in [-0.2, -0.15) is 9.47 Å². The van der Waals surface area contributed by atoms with Crippen LogP contribution in [0, 0.1) is 22.5 Å². The van der Waals surface area contributed by atoms with Crippen LogP contribution in [0.25, 0.3) is 23.1 Å². The van der Waals surface area contributed by atoms with Crippen molar-refractivity contribution in [1.82, 2.24) is 24.7 Å². The van der Waals surface area contributed by atoms with E-state index in [1.54, 1.807) is 4.90 Å². The molecule has 4 amide bonds. The lowest BCUT2D eigenvalue weighted by atomic mass is 9.39. The fourth-order valence-corrected chi connectivity index (χ4v) is 18.0. The SMILES string of the molecule is CC1(C)C=Cc2c(ccc3c2[N+]([O-])=C2C(C)(C)[C@@H]4C[C@]56CCCN5C(=O)[C@]4(NC6=O)[C@@H]4N5C(=O)[C@@]67CCCN6C(=O)[C@]56[C@@H](C7)C(C)(C)c5c(c7ccc8c(c7n5O)C=CC(C)(C)O8)[C@H]6[C@@]234)O1. The molecule has 14 heteroatoms. The second-order valence-electron chi connectivity index (χ2n) is 24.2. The quantitative estimate of drug-likeness (QED) is 0.163. The van der Waals surface area contributed by atoms with Gasteiger partial charge < -0.3 is 39.9 Å². The number of ether oxygens (including phenoxy) is 2. The summed E-state index contributed by atoms with van der Waals surface area (Å²) >= 11 is 0. The number of rotatable bonds is 0. The van der Waals surface area contributed by atoms with Gasteiger partial charge in [0.05, 0.1) is 28.2 Å². The number of hydrogen-bond donors (Lipinski definition) is 2. The summed E-state index contributed by atoms with van der Waals surface area (Å²) in [6, 6.07) is 6.54. The molecule has 2 aromatic carbocycles. The van der Waals surface area contributed by atoms with Crippen LogP contribution in [0.3, 0.4) is 0 Å². The van der Waals surface area contributed by atoms with Crippen molar-refractivity contribution in [2.75, 3.05) is 13.1 Å². The van der Waals surface area contributed by atoms with Crippen LogP contribution in [-0.4, -0.2) is 111 Å². The van der Waals surface area contributed by atoms with E-state index >= 15 is 24.4 Å². The van der Waals surface area contributed by atoms with Gasteiger partial charge in [-0.15, -0.1) is 0 Å². The molecule has 2 N–H and O–H groups in total. The number of benzene rings is 2. The molecule has 5 spiro atoms. The van der Waals surface area contributed by atoms with Crippen LogP contribution in [-0.2, 0) is 30.0 Å². The minimum Gasteiger partial charge on any atom is -0.618 e. The predicted octanol–water partition coefficient (Wildman–Crippen LogP) is 5.79. The third-order valence-corrected chi connectivity index (χ3v) is 20.0. The van der Waals surface area contributed by atoms with Crippen LogP contribution >= 0.6 is 0 Å². The van der Waals surface area contributed by atoms with Crippen LogP contribution in [0.1, 0.15) is 128 Å². The summed E-state index contributed by atoms with van der Waals surface area (Å²) in [5.74, 6) is -1.92. The first-order valence-electron chi connectivity index (χ1n) is 24.1. The Morgan fingerprint density at radius 3 is 2.09 bits per heavy atom. The Kier molecular flexibility index (Phi) is 6.01. The Morgan fingerprint density at radius 1 is 0.758 bits per heavy atom. The molecule has 10 fully saturated rings. The second-order valence-corrected chi connectivity index (χ2v) is 24.2. The second kappa shape index (κ2) is 10.4. The fraction of sp³-hybridized carbons (Fsp3) is 0.558. The molecule has 17 rings (SSSR count). The molecule has 14 aliphatic rings. The van der Waals surface area contributed by atoms with Gasteiger partial charge in [0.2, 0.25) is 23.4 Å². The number of piperazine rings is 2. The minimum absolute atomic E-state index is 0.176. The summed E-state index contributed by atoms with van der Waals surface area (Å²) in [5, 5.41) is 33.8. The van der Waals surface area contributed by atoms with E-state index < -0.39 is 73.4 Å². The number of fused-ring (bicyclic) bond motifs is 10. The molecule has 340 valence electrons. The van der Waals surface area contributed by atoms with Crippen molar-refractivity contribution in [2.45, 2.75) is 150 Å². The monoisotopic (exact) mass is 890 g/mol. The average molecular weight is 891 g/mol. The number of amides is 4. The molecule has 4 bridgehead atoms. The van der Waals surface area contributed by atoms with E-state index in [0.29, 0.717) is 113 Å². The first-order valence-corrected chi connectivity index (χ1v) is 24.1. The number of piperidine rings is 4. The maximum atomic E-state index is 16.8. The van der Waals surface area contributed by atoms with E-state index in [-0.39, 0.29) is 23.6 Å². The molecule has 9 saturated heterocycles. The zero-order valence-electron chi connectivity index (χ0n) is 38.6. The van der Waals surface area contributed by atoms with Crippen LogP contribution in [0.5, 0.6) is 11.5 Å². The van der Waals surface area contributed by atoms with Crippen molar-refractivity contribution in [3.63, 3.8) is 0 Å². The summed E-state index contributed by atoms with van der Waals surface area (Å²) in [6.45, 7) is 17.0. The van der Waals surface area contributed by atoms with Crippen molar-refractivity contribution in [2.24, 2.45) is 17.3 Å². The van der Waals surface area contributed by atoms with E-state index in [2.05, 4.69) is 33.0 Å². The molecule has 1 saturated carbocycles. The summed E-state index contributed by atoms with van der Waals surface area (Å²) in [7, 11) is 0. The third kappa shape index (κ3) is 3.39.